The van der Waals surface area contributed by atoms with E-state index in [4.69, 9.17) is 0 Å². The molecule has 0 amide bonds. The predicted octanol–water partition coefficient (Wildman–Crippen LogP) is 2.81. The number of rotatable bonds is 2. The zero-order chi connectivity index (χ0) is 13.3. The first kappa shape index (κ1) is 14.7. The van der Waals surface area contributed by atoms with Gasteiger partial charge >= 0.3 is 117 Å². The van der Waals surface area contributed by atoms with E-state index in [9.17, 15) is 0 Å². The van der Waals surface area contributed by atoms with Gasteiger partial charge in [-0.25, -0.2) is 0 Å². The van der Waals surface area contributed by atoms with Crippen LogP contribution in [0, 0.1) is 0 Å². The summed E-state index contributed by atoms with van der Waals surface area (Å²) in [6.45, 7) is 2.92. The summed E-state index contributed by atoms with van der Waals surface area (Å²) in [5, 5.41) is 0. The molecule has 1 aliphatic heterocycles. The van der Waals surface area contributed by atoms with Crippen molar-refractivity contribution in [2.24, 2.45) is 0 Å². The van der Waals surface area contributed by atoms with E-state index in [1.807, 2.05) is 0 Å². The van der Waals surface area contributed by atoms with Crippen molar-refractivity contribution in [2.75, 3.05) is 27.2 Å². The van der Waals surface area contributed by atoms with Crippen LogP contribution in [-0.4, -0.2) is 62.2 Å². The van der Waals surface area contributed by atoms with Crippen LogP contribution >= 0.6 is 0 Å². The SMILES string of the molecule is CN1CCN(C)B1/C=C1/CCC/C1=[CH]/[Sn]([CH3])([CH3])[CH3]. The van der Waals surface area contributed by atoms with Gasteiger partial charge in [-0.3, -0.25) is 0 Å². The molecule has 0 radical (unpaired) electrons. The van der Waals surface area contributed by atoms with Crippen molar-refractivity contribution >= 4 is 25.4 Å². The Bertz CT molecular complexity index is 360. The number of hydrogen-bond donors (Lipinski definition) is 0. The van der Waals surface area contributed by atoms with E-state index in [1.54, 1.807) is 11.1 Å². The van der Waals surface area contributed by atoms with Gasteiger partial charge in [0.2, 0.25) is 0 Å². The average Bonchev–Trinajstić information content (AvgIpc) is 2.78. The van der Waals surface area contributed by atoms with E-state index in [-0.39, 0.29) is 0 Å². The van der Waals surface area contributed by atoms with Gasteiger partial charge in [-0.15, -0.1) is 0 Å². The Kier molecular flexibility index (Phi) is 4.66. The second-order valence-corrected chi connectivity index (χ2v) is 21.3. The van der Waals surface area contributed by atoms with Crippen LogP contribution in [0.2, 0.25) is 14.8 Å². The first-order chi connectivity index (χ1) is 8.37. The molecule has 0 aromatic carbocycles. The molecule has 100 valence electrons. The Morgan fingerprint density at radius 3 is 2.11 bits per heavy atom. The molecule has 0 aromatic rings. The fourth-order valence-corrected chi connectivity index (χ4v) is 6.94. The van der Waals surface area contributed by atoms with Crippen LogP contribution in [0.1, 0.15) is 19.3 Å². The molecule has 1 aliphatic carbocycles. The molecule has 2 nitrogen and oxygen atoms in total. The van der Waals surface area contributed by atoms with E-state index in [1.165, 1.54) is 32.4 Å². The summed E-state index contributed by atoms with van der Waals surface area (Å²) in [5.74, 6) is 2.53. The van der Waals surface area contributed by atoms with E-state index < -0.39 is 18.4 Å². The Hall–Kier alpha value is 0.264. The second kappa shape index (κ2) is 5.72. The zero-order valence-electron chi connectivity index (χ0n) is 12.7. The van der Waals surface area contributed by atoms with Crippen molar-refractivity contribution in [3.63, 3.8) is 0 Å². The summed E-state index contributed by atoms with van der Waals surface area (Å²) in [6, 6.07) is 0. The van der Waals surface area contributed by atoms with Crippen molar-refractivity contribution in [1.82, 2.24) is 9.62 Å². The summed E-state index contributed by atoms with van der Waals surface area (Å²) >= 11 is -1.79. The van der Waals surface area contributed by atoms with Crippen LogP contribution in [0.3, 0.4) is 0 Å². The average molecular weight is 353 g/mol. The molecule has 1 heterocycles. The Balaban J connectivity index is 2.19. The van der Waals surface area contributed by atoms with E-state index in [0.717, 1.165) is 0 Å². The Labute approximate surface area is 117 Å². The quantitative estimate of drug-likeness (QED) is 0.705. The van der Waals surface area contributed by atoms with Crippen LogP contribution in [-0.2, 0) is 0 Å². The minimum absolute atomic E-state index is 0.525. The molecule has 0 N–H and O–H groups in total. The van der Waals surface area contributed by atoms with Crippen LogP contribution in [0.15, 0.2) is 21.2 Å². The Morgan fingerprint density at radius 2 is 1.56 bits per heavy atom. The molecule has 4 heteroatoms. The number of nitrogens with zero attached hydrogens (tertiary/aromatic N) is 2. The van der Waals surface area contributed by atoms with E-state index in [0.29, 0.717) is 6.98 Å². The van der Waals surface area contributed by atoms with Gasteiger partial charge in [0.25, 0.3) is 0 Å². The maximum absolute atomic E-state index is 2.68. The third kappa shape index (κ3) is 3.64. The fourth-order valence-electron chi connectivity index (χ4n) is 3.02. The third-order valence-corrected chi connectivity index (χ3v) is 7.44. The molecule has 18 heavy (non-hydrogen) atoms. The zero-order valence-corrected chi connectivity index (χ0v) is 15.5. The van der Waals surface area contributed by atoms with Gasteiger partial charge in [-0.2, -0.15) is 0 Å². The van der Waals surface area contributed by atoms with Gasteiger partial charge in [0.05, 0.1) is 0 Å². The molecule has 0 bridgehead atoms. The van der Waals surface area contributed by atoms with Crippen LogP contribution in [0.4, 0.5) is 0 Å². The summed E-state index contributed by atoms with van der Waals surface area (Å²) in [4.78, 5) is 12.4. The molecule has 0 aromatic heterocycles. The Morgan fingerprint density at radius 1 is 1.00 bits per heavy atom. The summed E-state index contributed by atoms with van der Waals surface area (Å²) in [5.41, 5.74) is 3.33. The topological polar surface area (TPSA) is 6.48 Å². The van der Waals surface area contributed by atoms with Gasteiger partial charge < -0.3 is 0 Å². The molecule has 2 aliphatic rings. The summed E-state index contributed by atoms with van der Waals surface area (Å²) in [6.07, 6.45) is 3.98. The van der Waals surface area contributed by atoms with Crippen molar-refractivity contribution in [3.05, 3.63) is 21.2 Å². The van der Waals surface area contributed by atoms with Gasteiger partial charge in [0, 0.05) is 0 Å². The van der Waals surface area contributed by atoms with Crippen molar-refractivity contribution in [2.45, 2.75) is 34.1 Å². The predicted molar refractivity (Wildman–Crippen MR) is 84.4 cm³/mol. The molecule has 0 spiro atoms. The molecule has 1 saturated heterocycles. The molecule has 2 fully saturated rings. The van der Waals surface area contributed by atoms with Crippen molar-refractivity contribution in [3.8, 4) is 0 Å². The first-order valence-corrected chi connectivity index (χ1v) is 17.4. The monoisotopic (exact) mass is 354 g/mol. The number of likely N-dealkylation sites (N-methyl/N-ethyl adjacent to an activating group) is 2. The van der Waals surface area contributed by atoms with Gasteiger partial charge in [-0.05, 0) is 0 Å². The van der Waals surface area contributed by atoms with Gasteiger partial charge in [0.1, 0.15) is 0 Å². The van der Waals surface area contributed by atoms with Crippen LogP contribution < -0.4 is 0 Å². The molecule has 2 rings (SSSR count). The summed E-state index contributed by atoms with van der Waals surface area (Å²) < 4.78 is 2.68. The van der Waals surface area contributed by atoms with Crippen molar-refractivity contribution in [1.29, 1.82) is 0 Å². The molecule has 0 unspecified atom stereocenters. The molecular formula is C14H27BN2Sn. The maximum atomic E-state index is 2.68. The third-order valence-electron chi connectivity index (χ3n) is 3.97. The second-order valence-electron chi connectivity index (χ2n) is 6.96. The van der Waals surface area contributed by atoms with Gasteiger partial charge in [0.15, 0.2) is 0 Å². The normalized spacial score (nSPS) is 27.9. The standard InChI is InChI=1S/C11H18BN2.3CH3.Sn/c1-10-5-4-6-11(10)9-12-13(2)7-8-14(12)3;;;;/h1,9H,4-8H2,2-3H3;3*1H3;/b10-1?,11-9-;;;;. The number of hydrogen-bond acceptors (Lipinski definition) is 2. The van der Waals surface area contributed by atoms with Gasteiger partial charge in [-0.1, -0.05) is 0 Å². The van der Waals surface area contributed by atoms with E-state index in [2.05, 4.69) is 48.6 Å². The molecule has 1 saturated carbocycles. The van der Waals surface area contributed by atoms with Crippen LogP contribution in [0.25, 0.3) is 0 Å². The molecule has 0 atom stereocenters. The minimum atomic E-state index is -1.79. The van der Waals surface area contributed by atoms with Crippen LogP contribution in [0.5, 0.6) is 0 Å². The van der Waals surface area contributed by atoms with E-state index >= 15 is 0 Å². The molecular weight excluding hydrogens is 326 g/mol. The number of allylic oxidation sites excluding steroid dienone is 2. The summed E-state index contributed by atoms with van der Waals surface area (Å²) in [7, 11) is 4.49. The first-order valence-electron chi connectivity index (χ1n) is 7.20. The van der Waals surface area contributed by atoms with Crippen molar-refractivity contribution < 1.29 is 0 Å². The fraction of sp³-hybridized carbons (Fsp3) is 0.714.